The first-order valence-corrected chi connectivity index (χ1v) is 10.6. The lowest BCUT2D eigenvalue weighted by Gasteiger charge is -2.04. The maximum atomic E-state index is 12.4. The lowest BCUT2D eigenvalue weighted by molar-refractivity contribution is -0.121. The number of rotatable bonds is 4. The Labute approximate surface area is 145 Å². The van der Waals surface area contributed by atoms with Crippen LogP contribution in [0.4, 0.5) is 0 Å². The van der Waals surface area contributed by atoms with Crippen LogP contribution >= 0.6 is 11.3 Å². The van der Waals surface area contributed by atoms with Crippen molar-refractivity contribution < 1.29 is 13.2 Å². The first-order valence-electron chi connectivity index (χ1n) is 7.93. The van der Waals surface area contributed by atoms with Crippen molar-refractivity contribution in [1.82, 2.24) is 4.57 Å². The van der Waals surface area contributed by atoms with Crippen molar-refractivity contribution >= 4 is 37.3 Å². The van der Waals surface area contributed by atoms with Crippen LogP contribution in [-0.4, -0.2) is 25.1 Å². The molecule has 2 aromatic rings. The fourth-order valence-electron chi connectivity index (χ4n) is 3.03. The quantitative estimate of drug-likeness (QED) is 0.783. The fraction of sp³-hybridized carbons (Fsp3) is 0.412. The van der Waals surface area contributed by atoms with Gasteiger partial charge in [-0.1, -0.05) is 30.3 Å². The predicted octanol–water partition coefficient (Wildman–Crippen LogP) is 2.91. The van der Waals surface area contributed by atoms with E-state index in [0.29, 0.717) is 11.3 Å². The molecule has 0 N–H and O–H groups in total. The largest absolute Gasteiger partial charge is 0.313 e. The number of thiazole rings is 1. The zero-order valence-electron chi connectivity index (χ0n) is 13.6. The average Bonchev–Trinajstić information content (AvgIpc) is 3.15. The Morgan fingerprint density at radius 1 is 1.42 bits per heavy atom. The maximum Gasteiger partial charge on any atom is 0.251 e. The molecule has 128 valence electrons. The highest BCUT2D eigenvalue weighted by atomic mass is 32.2. The molecule has 0 bridgehead atoms. The Balaban J connectivity index is 2.13. The lowest BCUT2D eigenvalue weighted by atomic mass is 10.1. The van der Waals surface area contributed by atoms with Crippen LogP contribution in [0.25, 0.3) is 10.2 Å². The molecule has 0 spiro atoms. The van der Waals surface area contributed by atoms with Crippen molar-refractivity contribution in [2.45, 2.75) is 37.1 Å². The highest BCUT2D eigenvalue weighted by Gasteiger charge is 2.22. The van der Waals surface area contributed by atoms with E-state index in [1.54, 1.807) is 24.3 Å². The molecule has 1 heterocycles. The van der Waals surface area contributed by atoms with Crippen molar-refractivity contribution in [1.29, 1.82) is 0 Å². The third kappa shape index (κ3) is 3.37. The third-order valence-electron chi connectivity index (χ3n) is 4.30. The van der Waals surface area contributed by atoms with Gasteiger partial charge in [-0.05, 0) is 31.0 Å². The fourth-order valence-corrected chi connectivity index (χ4v) is 4.84. The smallest absolute Gasteiger partial charge is 0.251 e. The number of amides is 1. The van der Waals surface area contributed by atoms with E-state index in [1.807, 2.05) is 4.57 Å². The molecule has 0 atom stereocenters. The van der Waals surface area contributed by atoms with E-state index in [1.165, 1.54) is 17.6 Å². The minimum atomic E-state index is -3.27. The van der Waals surface area contributed by atoms with E-state index < -0.39 is 9.84 Å². The SMILES string of the molecule is C=CCn1c(=NC(=O)C2CCCC2)sc2cc(S(C)(=O)=O)ccc21. The van der Waals surface area contributed by atoms with Gasteiger partial charge in [0.05, 0.1) is 15.1 Å². The van der Waals surface area contributed by atoms with E-state index >= 15 is 0 Å². The van der Waals surface area contributed by atoms with Gasteiger partial charge in [0.15, 0.2) is 14.6 Å². The van der Waals surface area contributed by atoms with Crippen LogP contribution in [0.1, 0.15) is 25.7 Å². The Bertz CT molecular complexity index is 961. The number of sulfone groups is 1. The van der Waals surface area contributed by atoms with Gasteiger partial charge >= 0.3 is 0 Å². The molecule has 0 aliphatic heterocycles. The number of fused-ring (bicyclic) bond motifs is 1. The molecule has 1 aliphatic carbocycles. The van der Waals surface area contributed by atoms with Gasteiger partial charge < -0.3 is 4.57 Å². The normalized spacial score (nSPS) is 16.8. The topological polar surface area (TPSA) is 68.5 Å². The Hall–Kier alpha value is -1.73. The van der Waals surface area contributed by atoms with Gasteiger partial charge in [-0.25, -0.2) is 8.42 Å². The van der Waals surface area contributed by atoms with Gasteiger partial charge in [0, 0.05) is 18.7 Å². The molecule has 0 saturated heterocycles. The third-order valence-corrected chi connectivity index (χ3v) is 6.46. The molecule has 1 aromatic carbocycles. The molecule has 0 unspecified atom stereocenters. The molecular weight excluding hydrogens is 344 g/mol. The van der Waals surface area contributed by atoms with Crippen LogP contribution < -0.4 is 4.80 Å². The Kier molecular flexibility index (Phi) is 4.73. The summed E-state index contributed by atoms with van der Waals surface area (Å²) in [7, 11) is -3.27. The van der Waals surface area contributed by atoms with Crippen LogP contribution in [0.15, 0.2) is 40.7 Å². The second-order valence-electron chi connectivity index (χ2n) is 6.12. The first kappa shape index (κ1) is 17.1. The van der Waals surface area contributed by atoms with E-state index in [2.05, 4.69) is 11.6 Å². The van der Waals surface area contributed by atoms with Crippen LogP contribution in [0.3, 0.4) is 0 Å². The standard InChI is InChI=1S/C17H20N2O3S2/c1-3-10-19-14-9-8-13(24(2,21)22)11-15(14)23-17(19)18-16(20)12-6-4-5-7-12/h3,8-9,11-12H,1,4-7,10H2,2H3. The van der Waals surface area contributed by atoms with Gasteiger partial charge in [0.25, 0.3) is 5.91 Å². The number of aromatic nitrogens is 1. The summed E-state index contributed by atoms with van der Waals surface area (Å²) in [6.07, 6.45) is 6.93. The second kappa shape index (κ2) is 6.64. The Morgan fingerprint density at radius 2 is 2.12 bits per heavy atom. The summed E-state index contributed by atoms with van der Waals surface area (Å²) >= 11 is 1.34. The zero-order chi connectivity index (χ0) is 17.3. The summed E-state index contributed by atoms with van der Waals surface area (Å²) in [5.41, 5.74) is 0.866. The summed E-state index contributed by atoms with van der Waals surface area (Å²) in [5, 5.41) is 0. The van der Waals surface area contributed by atoms with Crippen molar-refractivity contribution in [2.24, 2.45) is 10.9 Å². The molecule has 0 radical (unpaired) electrons. The maximum absolute atomic E-state index is 12.4. The van der Waals surface area contributed by atoms with Gasteiger partial charge in [-0.15, -0.1) is 6.58 Å². The van der Waals surface area contributed by atoms with Crippen molar-refractivity contribution in [3.63, 3.8) is 0 Å². The van der Waals surface area contributed by atoms with Gasteiger partial charge in [0.1, 0.15) is 0 Å². The van der Waals surface area contributed by atoms with Crippen molar-refractivity contribution in [2.75, 3.05) is 6.26 Å². The van der Waals surface area contributed by atoms with E-state index in [9.17, 15) is 13.2 Å². The summed E-state index contributed by atoms with van der Waals surface area (Å²) in [6.45, 7) is 4.28. The first-order chi connectivity index (χ1) is 11.4. The molecule has 24 heavy (non-hydrogen) atoms. The summed E-state index contributed by atoms with van der Waals surface area (Å²) in [4.78, 5) is 17.6. The zero-order valence-corrected chi connectivity index (χ0v) is 15.2. The van der Waals surface area contributed by atoms with Crippen molar-refractivity contribution in [3.05, 3.63) is 35.7 Å². The second-order valence-corrected chi connectivity index (χ2v) is 9.14. The van der Waals surface area contributed by atoms with Gasteiger partial charge in [-0.3, -0.25) is 4.79 Å². The lowest BCUT2D eigenvalue weighted by Crippen LogP contribution is -2.19. The summed E-state index contributed by atoms with van der Waals surface area (Å²) < 4.78 is 26.2. The summed E-state index contributed by atoms with van der Waals surface area (Å²) in [6, 6.07) is 5.01. The molecule has 1 fully saturated rings. The number of carbonyl (C=O) groups excluding carboxylic acids is 1. The highest BCUT2D eigenvalue weighted by Crippen LogP contribution is 2.26. The molecule has 3 rings (SSSR count). The molecule has 1 saturated carbocycles. The van der Waals surface area contributed by atoms with Crippen LogP contribution in [0.5, 0.6) is 0 Å². The van der Waals surface area contributed by atoms with Crippen molar-refractivity contribution in [3.8, 4) is 0 Å². The number of benzene rings is 1. The number of hydrogen-bond acceptors (Lipinski definition) is 4. The van der Waals surface area contributed by atoms with Gasteiger partial charge in [-0.2, -0.15) is 4.99 Å². The molecule has 1 amide bonds. The van der Waals surface area contributed by atoms with E-state index in [0.717, 1.165) is 35.9 Å². The predicted molar refractivity (Wildman–Crippen MR) is 95.6 cm³/mol. The number of carbonyl (C=O) groups is 1. The van der Waals surface area contributed by atoms with Crippen LogP contribution in [0, 0.1) is 5.92 Å². The molecule has 7 heteroatoms. The average molecular weight is 364 g/mol. The number of allylic oxidation sites excluding steroid dienone is 1. The number of nitrogens with zero attached hydrogens (tertiary/aromatic N) is 2. The molecule has 1 aliphatic rings. The van der Waals surface area contributed by atoms with Crippen LogP contribution in [-0.2, 0) is 21.2 Å². The van der Waals surface area contributed by atoms with Gasteiger partial charge in [0.2, 0.25) is 0 Å². The van der Waals surface area contributed by atoms with Crippen LogP contribution in [0.2, 0.25) is 0 Å². The summed E-state index contributed by atoms with van der Waals surface area (Å²) in [5.74, 6) is -0.0424. The molecular formula is C17H20N2O3S2. The monoisotopic (exact) mass is 364 g/mol. The minimum absolute atomic E-state index is 0.0268. The van der Waals surface area contributed by atoms with E-state index in [4.69, 9.17) is 0 Å². The highest BCUT2D eigenvalue weighted by molar-refractivity contribution is 7.90. The minimum Gasteiger partial charge on any atom is -0.313 e. The molecule has 5 nitrogen and oxygen atoms in total. The number of hydrogen-bond donors (Lipinski definition) is 0. The molecule has 1 aromatic heterocycles. The Morgan fingerprint density at radius 3 is 2.75 bits per heavy atom. The van der Waals surface area contributed by atoms with E-state index in [-0.39, 0.29) is 16.7 Å².